The molecule has 2 heterocycles. The minimum atomic E-state index is -0.471. The Labute approximate surface area is 199 Å². The van der Waals surface area contributed by atoms with Crippen LogP contribution >= 0.6 is 11.6 Å². The minimum Gasteiger partial charge on any atom is -0.436 e. The van der Waals surface area contributed by atoms with Gasteiger partial charge in [-0.25, -0.2) is 18.9 Å². The number of carbonyl (C=O) groups is 1. The zero-order chi connectivity index (χ0) is 23.8. The highest BCUT2D eigenvalue weighted by molar-refractivity contribution is 6.31. The maximum absolute atomic E-state index is 13.3. The van der Waals surface area contributed by atoms with Crippen LogP contribution in [-0.2, 0) is 11.3 Å². The van der Waals surface area contributed by atoms with Gasteiger partial charge in [0.2, 0.25) is 11.6 Å². The summed E-state index contributed by atoms with van der Waals surface area (Å²) >= 11 is 6.05. The first-order valence-electron chi connectivity index (χ1n) is 10.6. The van der Waals surface area contributed by atoms with Crippen molar-refractivity contribution in [2.45, 2.75) is 20.4 Å². The summed E-state index contributed by atoms with van der Waals surface area (Å²) in [4.78, 5) is 30.6. The fraction of sp³-hybridized carbons (Fsp3) is 0.120. The molecule has 0 atom stereocenters. The molecule has 0 saturated heterocycles. The van der Waals surface area contributed by atoms with Crippen molar-refractivity contribution in [2.75, 3.05) is 5.32 Å². The number of aryl methyl sites for hydroxylation is 2. The fourth-order valence-electron chi connectivity index (χ4n) is 3.67. The van der Waals surface area contributed by atoms with Gasteiger partial charge in [0.1, 0.15) is 12.3 Å². The van der Waals surface area contributed by atoms with E-state index in [1.165, 1.54) is 4.40 Å². The number of benzene rings is 3. The van der Waals surface area contributed by atoms with Crippen molar-refractivity contribution in [1.29, 1.82) is 0 Å². The number of carbonyl (C=O) groups excluding carboxylic acids is 1. The van der Waals surface area contributed by atoms with E-state index in [-0.39, 0.29) is 18.1 Å². The highest BCUT2D eigenvalue weighted by Crippen LogP contribution is 2.28. The van der Waals surface area contributed by atoms with Crippen molar-refractivity contribution < 1.29 is 9.53 Å². The van der Waals surface area contributed by atoms with E-state index in [9.17, 15) is 9.59 Å². The number of rotatable bonds is 5. The SMILES string of the molecule is Cc1ccc(Cl)cc1NC(=O)Cn1nc2c(Oc3ccccc3C)nc3ccccc3n2c1=O. The van der Waals surface area contributed by atoms with Gasteiger partial charge in [-0.3, -0.25) is 4.79 Å². The summed E-state index contributed by atoms with van der Waals surface area (Å²) in [5, 5.41) is 7.69. The summed E-state index contributed by atoms with van der Waals surface area (Å²) in [6.45, 7) is 3.49. The van der Waals surface area contributed by atoms with Gasteiger partial charge >= 0.3 is 5.69 Å². The number of para-hydroxylation sites is 3. The van der Waals surface area contributed by atoms with Crippen LogP contribution < -0.4 is 15.7 Å². The molecule has 0 unspecified atom stereocenters. The lowest BCUT2D eigenvalue weighted by Gasteiger charge is -2.09. The lowest BCUT2D eigenvalue weighted by Crippen LogP contribution is -2.28. The number of anilines is 1. The van der Waals surface area contributed by atoms with E-state index in [4.69, 9.17) is 16.3 Å². The van der Waals surface area contributed by atoms with Crippen molar-refractivity contribution >= 4 is 39.9 Å². The van der Waals surface area contributed by atoms with E-state index in [0.717, 1.165) is 15.8 Å². The Balaban J connectivity index is 1.57. The Hall–Kier alpha value is -4.17. The van der Waals surface area contributed by atoms with Crippen LogP contribution in [-0.4, -0.2) is 25.1 Å². The van der Waals surface area contributed by atoms with Crippen LogP contribution in [0.25, 0.3) is 16.7 Å². The van der Waals surface area contributed by atoms with Crippen LogP contribution in [0, 0.1) is 13.8 Å². The summed E-state index contributed by atoms with van der Waals surface area (Å²) < 4.78 is 8.58. The largest absolute Gasteiger partial charge is 0.436 e. The van der Waals surface area contributed by atoms with Crippen LogP contribution in [0.4, 0.5) is 5.69 Å². The number of hydrogen-bond donors (Lipinski definition) is 1. The monoisotopic (exact) mass is 473 g/mol. The highest BCUT2D eigenvalue weighted by atomic mass is 35.5. The lowest BCUT2D eigenvalue weighted by atomic mass is 10.2. The minimum absolute atomic E-state index is 0.176. The third-order valence-corrected chi connectivity index (χ3v) is 5.68. The molecule has 0 aliphatic heterocycles. The third-order valence-electron chi connectivity index (χ3n) is 5.44. The second kappa shape index (κ2) is 8.64. The van der Waals surface area contributed by atoms with Crippen LogP contribution in [0.2, 0.25) is 5.02 Å². The summed E-state index contributed by atoms with van der Waals surface area (Å²) in [6, 6.07) is 19.9. The molecule has 3 aromatic carbocycles. The number of nitrogens with one attached hydrogen (secondary N) is 1. The van der Waals surface area contributed by atoms with Crippen LogP contribution in [0.1, 0.15) is 11.1 Å². The van der Waals surface area contributed by atoms with E-state index < -0.39 is 11.6 Å². The summed E-state index contributed by atoms with van der Waals surface area (Å²) in [7, 11) is 0. The average Bonchev–Trinajstić information content (AvgIpc) is 3.14. The molecule has 1 N–H and O–H groups in total. The van der Waals surface area contributed by atoms with E-state index in [1.807, 2.05) is 56.3 Å². The van der Waals surface area contributed by atoms with Gasteiger partial charge in [0.25, 0.3) is 5.88 Å². The van der Waals surface area contributed by atoms with Crippen molar-refractivity contribution in [3.05, 3.63) is 93.4 Å². The highest BCUT2D eigenvalue weighted by Gasteiger charge is 2.19. The van der Waals surface area contributed by atoms with E-state index in [1.54, 1.807) is 24.3 Å². The number of halogens is 1. The number of hydrogen-bond acceptors (Lipinski definition) is 5. The van der Waals surface area contributed by atoms with Gasteiger partial charge in [-0.1, -0.05) is 48.0 Å². The topological polar surface area (TPSA) is 90.5 Å². The molecular formula is C25H20ClN5O3. The normalized spacial score (nSPS) is 11.1. The number of amides is 1. The van der Waals surface area contributed by atoms with Gasteiger partial charge in [-0.05, 0) is 55.3 Å². The standard InChI is InChI=1S/C25H20ClN5O3/c1-15-11-12-17(26)13-19(15)27-22(32)14-30-25(33)31-20-9-5-4-8-18(20)28-24(23(31)29-30)34-21-10-6-3-7-16(21)2/h3-13H,14H2,1-2H3,(H,27,32). The maximum atomic E-state index is 13.3. The van der Waals surface area contributed by atoms with Crippen molar-refractivity contribution in [1.82, 2.24) is 19.2 Å². The van der Waals surface area contributed by atoms with Crippen molar-refractivity contribution in [3.8, 4) is 11.6 Å². The molecule has 5 rings (SSSR count). The zero-order valence-corrected chi connectivity index (χ0v) is 19.2. The molecule has 0 spiro atoms. The Morgan fingerprint density at radius 2 is 1.79 bits per heavy atom. The predicted molar refractivity (Wildman–Crippen MR) is 131 cm³/mol. The first kappa shape index (κ1) is 21.7. The third kappa shape index (κ3) is 3.99. The smallest absolute Gasteiger partial charge is 0.351 e. The number of nitrogens with zero attached hydrogens (tertiary/aromatic N) is 4. The molecule has 9 heteroatoms. The summed E-state index contributed by atoms with van der Waals surface area (Å²) in [6.07, 6.45) is 0. The van der Waals surface area contributed by atoms with Gasteiger partial charge < -0.3 is 10.1 Å². The molecule has 34 heavy (non-hydrogen) atoms. The van der Waals surface area contributed by atoms with Gasteiger partial charge in [0.15, 0.2) is 0 Å². The molecule has 170 valence electrons. The first-order chi connectivity index (χ1) is 16.4. The van der Waals surface area contributed by atoms with Crippen LogP contribution in [0.5, 0.6) is 11.6 Å². The summed E-state index contributed by atoms with van der Waals surface area (Å²) in [5.41, 5.74) is 3.22. The van der Waals surface area contributed by atoms with Crippen molar-refractivity contribution in [2.24, 2.45) is 0 Å². The van der Waals surface area contributed by atoms with E-state index in [2.05, 4.69) is 15.4 Å². The Bertz CT molecular complexity index is 1620. The molecule has 1 amide bonds. The average molecular weight is 474 g/mol. The predicted octanol–water partition coefficient (Wildman–Crippen LogP) is 4.75. The Morgan fingerprint density at radius 1 is 1.03 bits per heavy atom. The van der Waals surface area contributed by atoms with Crippen LogP contribution in [0.15, 0.2) is 71.5 Å². The molecule has 0 fully saturated rings. The molecule has 0 radical (unpaired) electrons. The van der Waals surface area contributed by atoms with Crippen LogP contribution in [0.3, 0.4) is 0 Å². The van der Waals surface area contributed by atoms with Gasteiger partial charge in [-0.15, -0.1) is 5.10 Å². The Kier molecular flexibility index (Phi) is 5.51. The number of aromatic nitrogens is 4. The van der Waals surface area contributed by atoms with Gasteiger partial charge in [0.05, 0.1) is 11.0 Å². The number of ether oxygens (including phenoxy) is 1. The maximum Gasteiger partial charge on any atom is 0.351 e. The molecule has 5 aromatic rings. The quantitative estimate of drug-likeness (QED) is 0.398. The molecule has 0 aliphatic rings. The Morgan fingerprint density at radius 3 is 2.62 bits per heavy atom. The van der Waals surface area contributed by atoms with E-state index >= 15 is 0 Å². The molecule has 0 saturated carbocycles. The molecule has 0 aliphatic carbocycles. The second-order valence-electron chi connectivity index (χ2n) is 7.88. The summed E-state index contributed by atoms with van der Waals surface area (Å²) in [5.74, 6) is 0.368. The van der Waals surface area contributed by atoms with Gasteiger partial charge in [0, 0.05) is 10.7 Å². The molecule has 8 nitrogen and oxygen atoms in total. The first-order valence-corrected chi connectivity index (χ1v) is 11.0. The fourth-order valence-corrected chi connectivity index (χ4v) is 3.84. The van der Waals surface area contributed by atoms with E-state index in [0.29, 0.717) is 27.5 Å². The molecular weight excluding hydrogens is 454 g/mol. The molecule has 0 bridgehead atoms. The molecule has 2 aromatic heterocycles. The van der Waals surface area contributed by atoms with Crippen molar-refractivity contribution in [3.63, 3.8) is 0 Å². The number of fused-ring (bicyclic) bond motifs is 3. The lowest BCUT2D eigenvalue weighted by molar-refractivity contribution is -0.117. The second-order valence-corrected chi connectivity index (χ2v) is 8.32. The zero-order valence-electron chi connectivity index (χ0n) is 18.4. The van der Waals surface area contributed by atoms with Gasteiger partial charge in [-0.2, -0.15) is 0 Å².